The maximum Gasteiger partial charge on any atom is 0.122 e. The van der Waals surface area contributed by atoms with Crippen molar-refractivity contribution >= 4 is 21.6 Å². The summed E-state index contributed by atoms with van der Waals surface area (Å²) in [5.41, 5.74) is 8.90. The summed E-state index contributed by atoms with van der Waals surface area (Å²) in [6, 6.07) is 14.0. The summed E-state index contributed by atoms with van der Waals surface area (Å²) >= 11 is 3.49. The van der Waals surface area contributed by atoms with Crippen molar-refractivity contribution in [3.8, 4) is 5.75 Å². The third-order valence-electron chi connectivity index (χ3n) is 3.12. The van der Waals surface area contributed by atoms with Crippen LogP contribution in [0.25, 0.3) is 0 Å². The molecule has 2 aromatic carbocycles. The van der Waals surface area contributed by atoms with E-state index in [4.69, 9.17) is 10.5 Å². The van der Waals surface area contributed by atoms with Crippen molar-refractivity contribution in [1.82, 2.24) is 5.32 Å². The highest BCUT2D eigenvalue weighted by Crippen LogP contribution is 2.23. The Balaban J connectivity index is 1.84. The predicted octanol–water partition coefficient (Wildman–Crippen LogP) is 3.37. The second-order valence-corrected chi connectivity index (χ2v) is 5.54. The van der Waals surface area contributed by atoms with Crippen molar-refractivity contribution in [2.75, 3.05) is 19.4 Å². The number of ether oxygens (including phenoxy) is 1. The zero-order valence-electron chi connectivity index (χ0n) is 11.5. The van der Waals surface area contributed by atoms with E-state index in [0.717, 1.165) is 35.4 Å². The van der Waals surface area contributed by atoms with Crippen LogP contribution in [-0.2, 0) is 13.0 Å². The second-order valence-electron chi connectivity index (χ2n) is 4.62. The first kappa shape index (κ1) is 14.9. The van der Waals surface area contributed by atoms with Crippen LogP contribution < -0.4 is 15.8 Å². The van der Waals surface area contributed by atoms with Crippen LogP contribution >= 0.6 is 15.9 Å². The zero-order chi connectivity index (χ0) is 14.4. The van der Waals surface area contributed by atoms with Gasteiger partial charge in [0.1, 0.15) is 5.75 Å². The maximum atomic E-state index is 5.66. The van der Waals surface area contributed by atoms with Crippen LogP contribution in [0.2, 0.25) is 0 Å². The summed E-state index contributed by atoms with van der Waals surface area (Å²) in [6.45, 7) is 1.74. The van der Waals surface area contributed by atoms with Gasteiger partial charge in [0.15, 0.2) is 0 Å². The number of rotatable bonds is 6. The number of hydrogen-bond acceptors (Lipinski definition) is 3. The standard InChI is InChI=1S/C16H19BrN2O/c1-20-16-7-4-14(17)10-13(16)8-9-19-11-12-2-5-15(18)6-3-12/h2-7,10,19H,8-9,11,18H2,1H3. The molecular formula is C16H19BrN2O. The van der Waals surface area contributed by atoms with Gasteiger partial charge in [-0.15, -0.1) is 0 Å². The maximum absolute atomic E-state index is 5.66. The van der Waals surface area contributed by atoms with E-state index in [1.54, 1.807) is 7.11 Å². The molecule has 0 amide bonds. The van der Waals surface area contributed by atoms with E-state index >= 15 is 0 Å². The first-order valence-corrected chi connectivity index (χ1v) is 7.36. The average Bonchev–Trinajstić information content (AvgIpc) is 2.46. The van der Waals surface area contributed by atoms with Crippen LogP contribution in [0, 0.1) is 0 Å². The lowest BCUT2D eigenvalue weighted by atomic mass is 10.1. The van der Waals surface area contributed by atoms with Crippen molar-refractivity contribution < 1.29 is 4.74 Å². The molecule has 0 saturated carbocycles. The van der Waals surface area contributed by atoms with E-state index in [0.29, 0.717) is 0 Å². The molecule has 0 bridgehead atoms. The number of anilines is 1. The van der Waals surface area contributed by atoms with Crippen LogP contribution in [0.3, 0.4) is 0 Å². The Kier molecular flexibility index (Phi) is 5.44. The summed E-state index contributed by atoms with van der Waals surface area (Å²) in [6.07, 6.45) is 0.928. The van der Waals surface area contributed by atoms with Crippen LogP contribution in [0.15, 0.2) is 46.9 Å². The fourth-order valence-electron chi connectivity index (χ4n) is 2.03. The molecule has 0 aliphatic rings. The Hall–Kier alpha value is -1.52. The summed E-state index contributed by atoms with van der Waals surface area (Å²) in [7, 11) is 1.70. The first-order valence-electron chi connectivity index (χ1n) is 6.56. The number of benzene rings is 2. The quantitative estimate of drug-likeness (QED) is 0.629. The number of nitrogens with one attached hydrogen (secondary N) is 1. The van der Waals surface area contributed by atoms with Crippen LogP contribution in [0.4, 0.5) is 5.69 Å². The summed E-state index contributed by atoms with van der Waals surface area (Å²) in [5.74, 6) is 0.933. The minimum Gasteiger partial charge on any atom is -0.496 e. The van der Waals surface area contributed by atoms with Gasteiger partial charge in [-0.3, -0.25) is 0 Å². The molecule has 20 heavy (non-hydrogen) atoms. The van der Waals surface area contributed by atoms with Gasteiger partial charge in [-0.1, -0.05) is 28.1 Å². The van der Waals surface area contributed by atoms with Crippen molar-refractivity contribution in [3.05, 3.63) is 58.1 Å². The van der Waals surface area contributed by atoms with Gasteiger partial charge in [-0.05, 0) is 54.4 Å². The lowest BCUT2D eigenvalue weighted by Crippen LogP contribution is -2.17. The predicted molar refractivity (Wildman–Crippen MR) is 87.0 cm³/mol. The molecule has 4 heteroatoms. The zero-order valence-corrected chi connectivity index (χ0v) is 13.1. The normalized spacial score (nSPS) is 10.5. The first-order chi connectivity index (χ1) is 9.69. The number of methoxy groups -OCH3 is 1. The summed E-state index contributed by atoms with van der Waals surface area (Å²) in [4.78, 5) is 0. The topological polar surface area (TPSA) is 47.3 Å². The number of nitrogens with two attached hydrogens (primary N) is 1. The van der Waals surface area contributed by atoms with E-state index in [1.165, 1.54) is 11.1 Å². The molecule has 0 unspecified atom stereocenters. The smallest absolute Gasteiger partial charge is 0.122 e. The molecule has 0 saturated heterocycles. The molecule has 0 atom stereocenters. The largest absolute Gasteiger partial charge is 0.496 e. The Morgan fingerprint density at radius 2 is 1.90 bits per heavy atom. The van der Waals surface area contributed by atoms with E-state index in [-0.39, 0.29) is 0 Å². The Labute approximate surface area is 128 Å². The Morgan fingerprint density at radius 3 is 2.60 bits per heavy atom. The van der Waals surface area contributed by atoms with Gasteiger partial charge in [-0.25, -0.2) is 0 Å². The molecule has 0 heterocycles. The molecule has 3 nitrogen and oxygen atoms in total. The molecule has 3 N–H and O–H groups in total. The average molecular weight is 335 g/mol. The summed E-state index contributed by atoms with van der Waals surface area (Å²) < 4.78 is 6.44. The van der Waals surface area contributed by atoms with Crippen LogP contribution in [0.5, 0.6) is 5.75 Å². The van der Waals surface area contributed by atoms with Crippen LogP contribution in [0.1, 0.15) is 11.1 Å². The van der Waals surface area contributed by atoms with Gasteiger partial charge >= 0.3 is 0 Å². The molecular weight excluding hydrogens is 316 g/mol. The number of hydrogen-bond donors (Lipinski definition) is 2. The van der Waals surface area contributed by atoms with Gasteiger partial charge in [-0.2, -0.15) is 0 Å². The van der Waals surface area contributed by atoms with Gasteiger partial charge in [0.25, 0.3) is 0 Å². The molecule has 0 aliphatic heterocycles. The number of nitrogen functional groups attached to an aromatic ring is 1. The number of halogens is 1. The highest BCUT2D eigenvalue weighted by molar-refractivity contribution is 9.10. The molecule has 0 radical (unpaired) electrons. The highest BCUT2D eigenvalue weighted by Gasteiger charge is 2.03. The fourth-order valence-corrected chi connectivity index (χ4v) is 2.44. The second kappa shape index (κ2) is 7.31. The third-order valence-corrected chi connectivity index (χ3v) is 3.62. The van der Waals surface area contributed by atoms with Crippen LogP contribution in [-0.4, -0.2) is 13.7 Å². The molecule has 106 valence electrons. The van der Waals surface area contributed by atoms with E-state index < -0.39 is 0 Å². The highest BCUT2D eigenvalue weighted by atomic mass is 79.9. The van der Waals surface area contributed by atoms with Gasteiger partial charge in [0, 0.05) is 16.7 Å². The lowest BCUT2D eigenvalue weighted by Gasteiger charge is -2.10. The van der Waals surface area contributed by atoms with Gasteiger partial charge < -0.3 is 15.8 Å². The monoisotopic (exact) mass is 334 g/mol. The fraction of sp³-hybridized carbons (Fsp3) is 0.250. The Morgan fingerprint density at radius 1 is 1.15 bits per heavy atom. The van der Waals surface area contributed by atoms with Crippen molar-refractivity contribution in [3.63, 3.8) is 0 Å². The van der Waals surface area contributed by atoms with Gasteiger partial charge in [0.2, 0.25) is 0 Å². The van der Waals surface area contributed by atoms with E-state index in [2.05, 4.69) is 27.3 Å². The molecule has 2 aromatic rings. The minimum absolute atomic E-state index is 0.799. The third kappa shape index (κ3) is 4.25. The van der Waals surface area contributed by atoms with E-state index in [9.17, 15) is 0 Å². The van der Waals surface area contributed by atoms with E-state index in [1.807, 2.05) is 36.4 Å². The van der Waals surface area contributed by atoms with Crippen molar-refractivity contribution in [1.29, 1.82) is 0 Å². The molecule has 0 spiro atoms. The van der Waals surface area contributed by atoms with Crippen molar-refractivity contribution in [2.45, 2.75) is 13.0 Å². The summed E-state index contributed by atoms with van der Waals surface area (Å²) in [5, 5.41) is 3.43. The molecule has 0 fully saturated rings. The SMILES string of the molecule is COc1ccc(Br)cc1CCNCc1ccc(N)cc1. The lowest BCUT2D eigenvalue weighted by molar-refractivity contribution is 0.409. The molecule has 0 aliphatic carbocycles. The Bertz CT molecular complexity index is 555. The molecule has 2 rings (SSSR count). The van der Waals surface area contributed by atoms with Gasteiger partial charge in [0.05, 0.1) is 7.11 Å². The van der Waals surface area contributed by atoms with Crippen molar-refractivity contribution in [2.24, 2.45) is 0 Å². The molecule has 0 aromatic heterocycles. The minimum atomic E-state index is 0.799.